The van der Waals surface area contributed by atoms with Crippen molar-refractivity contribution in [3.05, 3.63) is 59.9 Å². The molecule has 5 nitrogen and oxygen atoms in total. The molecule has 0 spiro atoms. The third-order valence-electron chi connectivity index (χ3n) is 4.33. The molecular formula is C20H21FN2O3. The van der Waals surface area contributed by atoms with Crippen molar-refractivity contribution < 1.29 is 18.7 Å². The average molecular weight is 356 g/mol. The topological polar surface area (TPSA) is 67.4 Å². The first-order valence-electron chi connectivity index (χ1n) is 8.58. The van der Waals surface area contributed by atoms with Gasteiger partial charge in [-0.25, -0.2) is 4.39 Å². The molecule has 2 aromatic carbocycles. The van der Waals surface area contributed by atoms with Gasteiger partial charge in [0.1, 0.15) is 17.3 Å². The van der Waals surface area contributed by atoms with Gasteiger partial charge in [-0.1, -0.05) is 19.1 Å². The van der Waals surface area contributed by atoms with E-state index in [2.05, 4.69) is 10.6 Å². The van der Waals surface area contributed by atoms with Crippen LogP contribution in [0.25, 0.3) is 0 Å². The maximum atomic E-state index is 12.9. The number of hydrogen-bond donors (Lipinski definition) is 2. The molecule has 1 saturated carbocycles. The fraction of sp³-hybridized carbons (Fsp3) is 0.300. The fourth-order valence-electron chi connectivity index (χ4n) is 2.56. The van der Waals surface area contributed by atoms with Crippen LogP contribution < -0.4 is 15.4 Å². The normalized spacial score (nSPS) is 18.1. The Balaban J connectivity index is 1.41. The summed E-state index contributed by atoms with van der Waals surface area (Å²) in [6, 6.07) is 13.0. The molecule has 6 heteroatoms. The molecule has 26 heavy (non-hydrogen) atoms. The zero-order valence-corrected chi connectivity index (χ0v) is 14.5. The number of rotatable bonds is 7. The molecule has 0 saturated heterocycles. The zero-order chi connectivity index (χ0) is 18.5. The van der Waals surface area contributed by atoms with Crippen LogP contribution in [-0.4, -0.2) is 18.4 Å². The number of carbonyl (C=O) groups is 2. The van der Waals surface area contributed by atoms with E-state index in [1.165, 1.54) is 12.1 Å². The van der Waals surface area contributed by atoms with E-state index < -0.39 is 0 Å². The van der Waals surface area contributed by atoms with E-state index in [0.717, 1.165) is 12.0 Å². The maximum absolute atomic E-state index is 12.9. The second-order valence-electron chi connectivity index (χ2n) is 6.51. The number of halogens is 1. The summed E-state index contributed by atoms with van der Waals surface area (Å²) in [5.74, 6) is 1.08. The van der Waals surface area contributed by atoms with Crippen LogP contribution in [-0.2, 0) is 16.1 Å². The van der Waals surface area contributed by atoms with Crippen molar-refractivity contribution in [1.82, 2.24) is 10.6 Å². The van der Waals surface area contributed by atoms with Crippen molar-refractivity contribution >= 4 is 11.8 Å². The summed E-state index contributed by atoms with van der Waals surface area (Å²) < 4.78 is 18.5. The monoisotopic (exact) mass is 356 g/mol. The van der Waals surface area contributed by atoms with Crippen LogP contribution in [0.3, 0.4) is 0 Å². The molecule has 1 aliphatic rings. The predicted molar refractivity (Wildman–Crippen MR) is 95.0 cm³/mol. The number of ether oxygens (including phenoxy) is 1. The van der Waals surface area contributed by atoms with Crippen LogP contribution >= 0.6 is 0 Å². The summed E-state index contributed by atoms with van der Waals surface area (Å²) in [5.41, 5.74) is 0.909. The van der Waals surface area contributed by atoms with Crippen molar-refractivity contribution in [3.63, 3.8) is 0 Å². The SMILES string of the molecule is C[C@H]1C[C@@H]1C(=O)NCC(=O)NCc1ccc(Oc2ccc(F)cc2)cc1. The molecule has 2 amide bonds. The standard InChI is InChI=1S/C20H21FN2O3/c1-13-10-18(13)20(25)23-12-19(24)22-11-14-2-6-16(7-3-14)26-17-8-4-15(21)5-9-17/h2-9,13,18H,10-12H2,1H3,(H,22,24)(H,23,25)/t13-,18-/m0/s1. The van der Waals surface area contributed by atoms with Gasteiger partial charge in [0.15, 0.2) is 0 Å². The number of carbonyl (C=O) groups excluding carboxylic acids is 2. The lowest BCUT2D eigenvalue weighted by atomic mass is 10.2. The Kier molecular flexibility index (Phi) is 5.51. The van der Waals surface area contributed by atoms with Crippen molar-refractivity contribution in [2.75, 3.05) is 6.54 Å². The Morgan fingerprint density at radius 2 is 1.62 bits per heavy atom. The molecule has 2 N–H and O–H groups in total. The van der Waals surface area contributed by atoms with Gasteiger partial charge in [0.05, 0.1) is 6.54 Å². The molecule has 0 radical (unpaired) electrons. The molecule has 3 rings (SSSR count). The van der Waals surface area contributed by atoms with Crippen molar-refractivity contribution in [1.29, 1.82) is 0 Å². The number of benzene rings is 2. The number of nitrogens with one attached hydrogen (secondary N) is 2. The highest BCUT2D eigenvalue weighted by Gasteiger charge is 2.38. The second-order valence-corrected chi connectivity index (χ2v) is 6.51. The number of amides is 2. The molecule has 0 unspecified atom stereocenters. The first-order chi connectivity index (χ1) is 12.5. The highest BCUT2D eigenvalue weighted by molar-refractivity contribution is 5.87. The third-order valence-corrected chi connectivity index (χ3v) is 4.33. The lowest BCUT2D eigenvalue weighted by Crippen LogP contribution is -2.37. The van der Waals surface area contributed by atoms with Gasteiger partial charge >= 0.3 is 0 Å². The summed E-state index contributed by atoms with van der Waals surface area (Å²) in [7, 11) is 0. The van der Waals surface area contributed by atoms with Gasteiger partial charge in [-0.15, -0.1) is 0 Å². The summed E-state index contributed by atoms with van der Waals surface area (Å²) in [6.07, 6.45) is 0.903. The molecule has 2 aromatic rings. The van der Waals surface area contributed by atoms with Gasteiger partial charge in [0, 0.05) is 12.5 Å². The third kappa shape index (κ3) is 5.05. The van der Waals surface area contributed by atoms with Crippen LogP contribution in [0.4, 0.5) is 4.39 Å². The van der Waals surface area contributed by atoms with E-state index in [4.69, 9.17) is 4.74 Å². The van der Waals surface area contributed by atoms with E-state index in [1.54, 1.807) is 24.3 Å². The quantitative estimate of drug-likeness (QED) is 0.801. The average Bonchev–Trinajstić information content (AvgIpc) is 3.38. The van der Waals surface area contributed by atoms with Gasteiger partial charge in [0.25, 0.3) is 0 Å². The lowest BCUT2D eigenvalue weighted by Gasteiger charge is -2.09. The van der Waals surface area contributed by atoms with Gasteiger partial charge in [-0.2, -0.15) is 0 Å². The molecule has 0 bridgehead atoms. The van der Waals surface area contributed by atoms with E-state index in [-0.39, 0.29) is 30.1 Å². The van der Waals surface area contributed by atoms with Crippen molar-refractivity contribution in [2.24, 2.45) is 11.8 Å². The minimum absolute atomic E-state index is 0.00614. The fourth-order valence-corrected chi connectivity index (χ4v) is 2.56. The molecule has 136 valence electrons. The lowest BCUT2D eigenvalue weighted by molar-refractivity contribution is -0.127. The molecule has 1 aliphatic carbocycles. The molecule has 1 fully saturated rings. The predicted octanol–water partition coefficient (Wildman–Crippen LogP) is 3.01. The minimum atomic E-state index is -0.314. The maximum Gasteiger partial charge on any atom is 0.239 e. The highest BCUT2D eigenvalue weighted by Crippen LogP contribution is 2.37. The van der Waals surface area contributed by atoms with Gasteiger partial charge < -0.3 is 15.4 Å². The molecule has 0 heterocycles. The van der Waals surface area contributed by atoms with E-state index in [9.17, 15) is 14.0 Å². The molecule has 2 atom stereocenters. The van der Waals surface area contributed by atoms with Crippen LogP contribution in [0.2, 0.25) is 0 Å². The van der Waals surface area contributed by atoms with E-state index >= 15 is 0 Å². The summed E-state index contributed by atoms with van der Waals surface area (Å²) >= 11 is 0. The van der Waals surface area contributed by atoms with Gasteiger partial charge in [0.2, 0.25) is 11.8 Å². The first kappa shape index (κ1) is 17.9. The Bertz CT molecular complexity index is 775. The Morgan fingerprint density at radius 1 is 1.04 bits per heavy atom. The van der Waals surface area contributed by atoms with Crippen molar-refractivity contribution in [3.8, 4) is 11.5 Å². The van der Waals surface area contributed by atoms with Crippen LogP contribution in [0.1, 0.15) is 18.9 Å². The van der Waals surface area contributed by atoms with Crippen LogP contribution in [0.15, 0.2) is 48.5 Å². The van der Waals surface area contributed by atoms with Crippen LogP contribution in [0.5, 0.6) is 11.5 Å². The van der Waals surface area contributed by atoms with E-state index in [0.29, 0.717) is 24.0 Å². The smallest absolute Gasteiger partial charge is 0.239 e. The Labute approximate surface area is 151 Å². The second kappa shape index (κ2) is 7.99. The molecule has 0 aromatic heterocycles. The minimum Gasteiger partial charge on any atom is -0.457 e. The first-order valence-corrected chi connectivity index (χ1v) is 8.58. The van der Waals surface area contributed by atoms with Crippen LogP contribution in [0, 0.1) is 17.7 Å². The molecule has 0 aliphatic heterocycles. The van der Waals surface area contributed by atoms with Crippen molar-refractivity contribution in [2.45, 2.75) is 19.9 Å². The van der Waals surface area contributed by atoms with Gasteiger partial charge in [-0.05, 0) is 54.3 Å². The van der Waals surface area contributed by atoms with Gasteiger partial charge in [-0.3, -0.25) is 9.59 Å². The number of hydrogen-bond acceptors (Lipinski definition) is 3. The Hall–Kier alpha value is -2.89. The largest absolute Gasteiger partial charge is 0.457 e. The summed E-state index contributed by atoms with van der Waals surface area (Å²) in [5, 5.41) is 5.42. The summed E-state index contributed by atoms with van der Waals surface area (Å²) in [4.78, 5) is 23.5. The summed E-state index contributed by atoms with van der Waals surface area (Å²) in [6.45, 7) is 2.38. The van der Waals surface area contributed by atoms with E-state index in [1.807, 2.05) is 19.1 Å². The highest BCUT2D eigenvalue weighted by atomic mass is 19.1. The molecular weight excluding hydrogens is 335 g/mol. The Morgan fingerprint density at radius 3 is 2.19 bits per heavy atom. The zero-order valence-electron chi connectivity index (χ0n) is 14.5.